The summed E-state index contributed by atoms with van der Waals surface area (Å²) in [4.78, 5) is 0. The van der Waals surface area contributed by atoms with Crippen molar-refractivity contribution in [1.82, 2.24) is 4.57 Å². The summed E-state index contributed by atoms with van der Waals surface area (Å²) in [5.41, 5.74) is 9.36. The van der Waals surface area contributed by atoms with E-state index < -0.39 is 0 Å². The highest BCUT2D eigenvalue weighted by molar-refractivity contribution is 9.10. The molecule has 0 amide bonds. The smallest absolute Gasteiger partial charge is 0.0494 e. The van der Waals surface area contributed by atoms with Crippen LogP contribution in [0.15, 0.2) is 28.9 Å². The number of halogens is 1. The monoisotopic (exact) mass is 334 g/mol. The zero-order valence-electron chi connectivity index (χ0n) is 12.5. The third kappa shape index (κ3) is 2.94. The van der Waals surface area contributed by atoms with Crippen molar-refractivity contribution >= 4 is 26.8 Å². The Labute approximate surface area is 129 Å². The van der Waals surface area contributed by atoms with Gasteiger partial charge in [-0.15, -0.1) is 0 Å². The Balaban J connectivity index is 2.06. The average molecular weight is 335 g/mol. The SMILES string of the molecule is CC(C)(C)Cn1cc(CC2(N)CC2)c2ccc(Br)cc21. The van der Waals surface area contributed by atoms with Gasteiger partial charge >= 0.3 is 0 Å². The number of hydrogen-bond acceptors (Lipinski definition) is 1. The Bertz CT molecular complexity index is 645. The second kappa shape index (κ2) is 4.60. The maximum Gasteiger partial charge on any atom is 0.0494 e. The minimum atomic E-state index is 0.0634. The van der Waals surface area contributed by atoms with Crippen LogP contribution in [0.1, 0.15) is 39.2 Å². The van der Waals surface area contributed by atoms with Crippen molar-refractivity contribution in [2.24, 2.45) is 11.1 Å². The van der Waals surface area contributed by atoms with E-state index in [1.807, 2.05) is 0 Å². The Kier molecular flexibility index (Phi) is 3.26. The number of benzene rings is 1. The van der Waals surface area contributed by atoms with Crippen molar-refractivity contribution in [2.45, 2.75) is 52.1 Å². The molecular formula is C17H23BrN2. The standard InChI is InChI=1S/C17H23BrN2/c1-16(2,3)11-20-10-12(9-17(19)6-7-17)14-5-4-13(18)8-15(14)20/h4-5,8,10H,6-7,9,11,19H2,1-3H3. The molecule has 0 aliphatic heterocycles. The fourth-order valence-electron chi connectivity index (χ4n) is 2.84. The summed E-state index contributed by atoms with van der Waals surface area (Å²) >= 11 is 3.59. The molecule has 1 aromatic carbocycles. The van der Waals surface area contributed by atoms with E-state index in [1.165, 1.54) is 16.5 Å². The third-order valence-corrected chi connectivity index (χ3v) is 4.50. The van der Waals surface area contributed by atoms with Crippen LogP contribution in [0, 0.1) is 5.41 Å². The fraction of sp³-hybridized carbons (Fsp3) is 0.529. The third-order valence-electron chi connectivity index (χ3n) is 4.01. The van der Waals surface area contributed by atoms with Gasteiger partial charge in [0.2, 0.25) is 0 Å². The van der Waals surface area contributed by atoms with Gasteiger partial charge in [-0.05, 0) is 42.4 Å². The second-order valence-corrected chi connectivity index (χ2v) is 8.46. The second-order valence-electron chi connectivity index (χ2n) is 7.54. The van der Waals surface area contributed by atoms with E-state index in [0.29, 0.717) is 0 Å². The van der Waals surface area contributed by atoms with Gasteiger partial charge in [-0.3, -0.25) is 0 Å². The molecule has 3 heteroatoms. The van der Waals surface area contributed by atoms with Gasteiger partial charge in [0.25, 0.3) is 0 Å². The summed E-state index contributed by atoms with van der Waals surface area (Å²) in [5, 5.41) is 1.36. The number of rotatable bonds is 3. The molecule has 0 radical (unpaired) electrons. The predicted octanol–water partition coefficient (Wildman–Crippen LogP) is 4.48. The zero-order chi connectivity index (χ0) is 14.5. The number of hydrogen-bond donors (Lipinski definition) is 1. The molecule has 0 spiro atoms. The lowest BCUT2D eigenvalue weighted by molar-refractivity contribution is 0.349. The molecule has 0 saturated heterocycles. The van der Waals surface area contributed by atoms with Gasteiger partial charge in [-0.1, -0.05) is 42.8 Å². The van der Waals surface area contributed by atoms with Crippen LogP contribution < -0.4 is 5.73 Å². The molecule has 2 aromatic rings. The van der Waals surface area contributed by atoms with Gasteiger partial charge in [0.05, 0.1) is 0 Å². The average Bonchev–Trinajstić information content (AvgIpc) is 2.95. The van der Waals surface area contributed by atoms with E-state index in [0.717, 1.165) is 30.3 Å². The molecule has 1 aliphatic carbocycles. The minimum absolute atomic E-state index is 0.0634. The van der Waals surface area contributed by atoms with Gasteiger partial charge in [0.15, 0.2) is 0 Å². The molecule has 0 atom stereocenters. The summed E-state index contributed by atoms with van der Waals surface area (Å²) in [6.07, 6.45) is 5.64. The lowest BCUT2D eigenvalue weighted by atomic mass is 9.97. The summed E-state index contributed by atoms with van der Waals surface area (Å²) in [5.74, 6) is 0. The Hall–Kier alpha value is -0.800. The van der Waals surface area contributed by atoms with Gasteiger partial charge < -0.3 is 10.3 Å². The van der Waals surface area contributed by atoms with Crippen molar-refractivity contribution < 1.29 is 0 Å². The van der Waals surface area contributed by atoms with E-state index in [-0.39, 0.29) is 11.0 Å². The molecule has 1 aliphatic rings. The van der Waals surface area contributed by atoms with Crippen LogP contribution >= 0.6 is 15.9 Å². The van der Waals surface area contributed by atoms with Crippen molar-refractivity contribution in [3.8, 4) is 0 Å². The highest BCUT2D eigenvalue weighted by Gasteiger charge is 2.38. The van der Waals surface area contributed by atoms with Crippen LogP contribution in [-0.2, 0) is 13.0 Å². The Morgan fingerprint density at radius 3 is 2.60 bits per heavy atom. The summed E-state index contributed by atoms with van der Waals surface area (Å²) in [6, 6.07) is 6.57. The highest BCUT2D eigenvalue weighted by atomic mass is 79.9. The topological polar surface area (TPSA) is 30.9 Å². The molecule has 0 bridgehead atoms. The van der Waals surface area contributed by atoms with Gasteiger partial charge in [-0.25, -0.2) is 0 Å². The van der Waals surface area contributed by atoms with Crippen molar-refractivity contribution in [1.29, 1.82) is 0 Å². The lowest BCUT2D eigenvalue weighted by Crippen LogP contribution is -2.24. The van der Waals surface area contributed by atoms with Crippen LogP contribution in [0.4, 0.5) is 0 Å². The van der Waals surface area contributed by atoms with Gasteiger partial charge in [0, 0.05) is 33.7 Å². The van der Waals surface area contributed by atoms with Crippen LogP contribution in [0.5, 0.6) is 0 Å². The van der Waals surface area contributed by atoms with Crippen molar-refractivity contribution in [3.63, 3.8) is 0 Å². The first-order valence-electron chi connectivity index (χ1n) is 7.32. The summed E-state index contributed by atoms with van der Waals surface area (Å²) < 4.78 is 3.53. The van der Waals surface area contributed by atoms with E-state index in [1.54, 1.807) is 0 Å². The van der Waals surface area contributed by atoms with Crippen molar-refractivity contribution in [3.05, 3.63) is 34.4 Å². The fourth-order valence-corrected chi connectivity index (χ4v) is 3.19. The summed E-state index contributed by atoms with van der Waals surface area (Å²) in [6.45, 7) is 7.86. The first-order chi connectivity index (χ1) is 9.26. The minimum Gasteiger partial charge on any atom is -0.347 e. The Morgan fingerprint density at radius 1 is 1.30 bits per heavy atom. The molecule has 3 rings (SSSR count). The molecule has 1 fully saturated rings. The number of fused-ring (bicyclic) bond motifs is 1. The maximum absolute atomic E-state index is 6.32. The van der Waals surface area contributed by atoms with Crippen LogP contribution in [0.3, 0.4) is 0 Å². The molecule has 2 N–H and O–H groups in total. The summed E-state index contributed by atoms with van der Waals surface area (Å²) in [7, 11) is 0. The first kappa shape index (κ1) is 14.2. The molecule has 20 heavy (non-hydrogen) atoms. The molecule has 2 nitrogen and oxygen atoms in total. The first-order valence-corrected chi connectivity index (χ1v) is 8.11. The lowest BCUT2D eigenvalue weighted by Gasteiger charge is -2.20. The highest BCUT2D eigenvalue weighted by Crippen LogP contribution is 2.38. The maximum atomic E-state index is 6.32. The molecular weight excluding hydrogens is 312 g/mol. The van der Waals surface area contributed by atoms with E-state index >= 15 is 0 Å². The zero-order valence-corrected chi connectivity index (χ0v) is 14.1. The molecule has 1 aromatic heterocycles. The number of aromatic nitrogens is 1. The molecule has 108 valence electrons. The van der Waals surface area contributed by atoms with E-state index in [2.05, 4.69) is 65.7 Å². The van der Waals surface area contributed by atoms with Crippen LogP contribution in [0.25, 0.3) is 10.9 Å². The molecule has 1 saturated carbocycles. The Morgan fingerprint density at radius 2 is 2.00 bits per heavy atom. The van der Waals surface area contributed by atoms with E-state index in [9.17, 15) is 0 Å². The van der Waals surface area contributed by atoms with Crippen molar-refractivity contribution in [2.75, 3.05) is 0 Å². The number of nitrogens with two attached hydrogens (primary N) is 1. The van der Waals surface area contributed by atoms with Gasteiger partial charge in [-0.2, -0.15) is 0 Å². The molecule has 0 unspecified atom stereocenters. The van der Waals surface area contributed by atoms with Gasteiger partial charge in [0.1, 0.15) is 0 Å². The molecule has 1 heterocycles. The largest absolute Gasteiger partial charge is 0.347 e. The quantitative estimate of drug-likeness (QED) is 0.881. The number of nitrogens with zero attached hydrogens (tertiary/aromatic N) is 1. The van der Waals surface area contributed by atoms with Crippen LogP contribution in [0.2, 0.25) is 0 Å². The van der Waals surface area contributed by atoms with E-state index in [4.69, 9.17) is 5.73 Å². The van der Waals surface area contributed by atoms with Crippen LogP contribution in [-0.4, -0.2) is 10.1 Å². The predicted molar refractivity (Wildman–Crippen MR) is 88.9 cm³/mol. The normalized spacial score (nSPS) is 17.6.